The zero-order chi connectivity index (χ0) is 15.1. The van der Waals surface area contributed by atoms with Crippen molar-refractivity contribution in [1.29, 1.82) is 0 Å². The molecule has 1 atom stereocenters. The highest BCUT2D eigenvalue weighted by molar-refractivity contribution is 5.82. The Kier molecular flexibility index (Phi) is 5.56. The van der Waals surface area contributed by atoms with Crippen LogP contribution in [0.25, 0.3) is 0 Å². The standard InChI is InChI=1S/C19H23NO/c1-4-5-15(2)17-8-10-18(11-9-17)20-14-16-6-12-19(21-3)13-7-16/h6-15H,4-5H2,1-3H3. The average Bonchev–Trinajstić information content (AvgIpc) is 2.54. The largest absolute Gasteiger partial charge is 0.497 e. The summed E-state index contributed by atoms with van der Waals surface area (Å²) in [5, 5.41) is 0. The molecule has 0 aromatic heterocycles. The van der Waals surface area contributed by atoms with E-state index in [1.54, 1.807) is 7.11 Å². The van der Waals surface area contributed by atoms with Gasteiger partial charge >= 0.3 is 0 Å². The van der Waals surface area contributed by atoms with Gasteiger partial charge in [-0.1, -0.05) is 32.4 Å². The van der Waals surface area contributed by atoms with Crippen LogP contribution in [0.4, 0.5) is 5.69 Å². The predicted molar refractivity (Wildman–Crippen MR) is 90.0 cm³/mol. The van der Waals surface area contributed by atoms with Crippen LogP contribution in [-0.4, -0.2) is 13.3 Å². The molecule has 0 radical (unpaired) electrons. The predicted octanol–water partition coefficient (Wildman–Crippen LogP) is 5.35. The van der Waals surface area contributed by atoms with Gasteiger partial charge in [0.2, 0.25) is 0 Å². The number of benzene rings is 2. The molecule has 0 fully saturated rings. The Morgan fingerprint density at radius 1 is 1.05 bits per heavy atom. The third-order valence-corrected chi connectivity index (χ3v) is 3.66. The monoisotopic (exact) mass is 281 g/mol. The number of aliphatic imine (C=N–C) groups is 1. The maximum atomic E-state index is 5.14. The van der Waals surface area contributed by atoms with Crippen LogP contribution in [0.2, 0.25) is 0 Å². The van der Waals surface area contributed by atoms with Crippen molar-refractivity contribution in [3.05, 3.63) is 59.7 Å². The van der Waals surface area contributed by atoms with Gasteiger partial charge in [0.25, 0.3) is 0 Å². The number of methoxy groups -OCH3 is 1. The van der Waals surface area contributed by atoms with Crippen LogP contribution in [0.5, 0.6) is 5.75 Å². The summed E-state index contributed by atoms with van der Waals surface area (Å²) >= 11 is 0. The first kappa shape index (κ1) is 15.3. The highest BCUT2D eigenvalue weighted by atomic mass is 16.5. The first-order valence-electron chi connectivity index (χ1n) is 7.51. The van der Waals surface area contributed by atoms with E-state index in [1.807, 2.05) is 30.5 Å². The molecule has 0 N–H and O–H groups in total. The second-order valence-electron chi connectivity index (χ2n) is 5.31. The molecule has 0 heterocycles. The molecule has 2 nitrogen and oxygen atoms in total. The molecular formula is C19H23NO. The molecule has 0 aliphatic heterocycles. The fourth-order valence-electron chi connectivity index (χ4n) is 2.33. The van der Waals surface area contributed by atoms with Crippen LogP contribution in [-0.2, 0) is 0 Å². The van der Waals surface area contributed by atoms with Gasteiger partial charge in [-0.05, 0) is 59.9 Å². The van der Waals surface area contributed by atoms with Crippen LogP contribution in [0.15, 0.2) is 53.5 Å². The van der Waals surface area contributed by atoms with Gasteiger partial charge in [0.1, 0.15) is 5.75 Å². The number of ether oxygens (including phenoxy) is 1. The Morgan fingerprint density at radius 2 is 1.71 bits per heavy atom. The van der Waals surface area contributed by atoms with Crippen LogP contribution in [0, 0.1) is 0 Å². The van der Waals surface area contributed by atoms with E-state index in [4.69, 9.17) is 4.74 Å². The van der Waals surface area contributed by atoms with Crippen molar-refractivity contribution in [3.8, 4) is 5.75 Å². The minimum Gasteiger partial charge on any atom is -0.497 e. The van der Waals surface area contributed by atoms with Gasteiger partial charge in [-0.2, -0.15) is 0 Å². The van der Waals surface area contributed by atoms with E-state index in [1.165, 1.54) is 18.4 Å². The highest BCUT2D eigenvalue weighted by Gasteiger charge is 2.03. The van der Waals surface area contributed by atoms with Gasteiger partial charge in [0.05, 0.1) is 12.8 Å². The first-order valence-corrected chi connectivity index (χ1v) is 7.51. The number of nitrogens with zero attached hydrogens (tertiary/aromatic N) is 1. The Morgan fingerprint density at radius 3 is 2.29 bits per heavy atom. The van der Waals surface area contributed by atoms with Gasteiger partial charge in [-0.3, -0.25) is 4.99 Å². The van der Waals surface area contributed by atoms with E-state index in [0.717, 1.165) is 17.0 Å². The SMILES string of the molecule is CCCC(C)c1ccc(N=Cc2ccc(OC)cc2)cc1. The maximum Gasteiger partial charge on any atom is 0.118 e. The Balaban J connectivity index is 2.03. The first-order chi connectivity index (χ1) is 10.2. The van der Waals surface area contributed by atoms with Crippen molar-refractivity contribution in [2.24, 2.45) is 4.99 Å². The molecule has 2 rings (SSSR count). The van der Waals surface area contributed by atoms with Gasteiger partial charge in [-0.15, -0.1) is 0 Å². The topological polar surface area (TPSA) is 21.6 Å². The van der Waals surface area contributed by atoms with Crippen molar-refractivity contribution in [2.75, 3.05) is 7.11 Å². The smallest absolute Gasteiger partial charge is 0.118 e. The lowest BCUT2D eigenvalue weighted by Gasteiger charge is -2.10. The molecule has 2 aromatic rings. The molecule has 0 aliphatic rings. The minimum atomic E-state index is 0.620. The minimum absolute atomic E-state index is 0.620. The summed E-state index contributed by atoms with van der Waals surface area (Å²) in [4.78, 5) is 4.51. The summed E-state index contributed by atoms with van der Waals surface area (Å²) in [6.45, 7) is 4.50. The Hall–Kier alpha value is -2.09. The molecule has 0 saturated carbocycles. The number of hydrogen-bond donors (Lipinski definition) is 0. The fraction of sp³-hybridized carbons (Fsp3) is 0.316. The average molecular weight is 281 g/mol. The van der Waals surface area contributed by atoms with Gasteiger partial charge in [0.15, 0.2) is 0 Å². The third kappa shape index (κ3) is 4.45. The summed E-state index contributed by atoms with van der Waals surface area (Å²) in [5.74, 6) is 1.48. The summed E-state index contributed by atoms with van der Waals surface area (Å²) in [5.41, 5.74) is 3.44. The summed E-state index contributed by atoms with van der Waals surface area (Å²) in [6, 6.07) is 16.4. The molecule has 2 heteroatoms. The van der Waals surface area contributed by atoms with Crippen LogP contribution in [0.1, 0.15) is 43.7 Å². The molecule has 0 bridgehead atoms. The van der Waals surface area contributed by atoms with Crippen LogP contribution in [0.3, 0.4) is 0 Å². The molecule has 0 saturated heterocycles. The van der Waals surface area contributed by atoms with Gasteiger partial charge < -0.3 is 4.74 Å². The maximum absolute atomic E-state index is 5.14. The molecule has 2 aromatic carbocycles. The molecule has 0 spiro atoms. The number of hydrogen-bond acceptors (Lipinski definition) is 2. The second kappa shape index (κ2) is 7.63. The van der Waals surface area contributed by atoms with E-state index in [2.05, 4.69) is 43.1 Å². The molecule has 0 amide bonds. The van der Waals surface area contributed by atoms with Crippen molar-refractivity contribution in [1.82, 2.24) is 0 Å². The zero-order valence-corrected chi connectivity index (χ0v) is 13.0. The van der Waals surface area contributed by atoms with Crippen molar-refractivity contribution < 1.29 is 4.74 Å². The normalized spacial score (nSPS) is 12.5. The second-order valence-corrected chi connectivity index (χ2v) is 5.31. The fourth-order valence-corrected chi connectivity index (χ4v) is 2.33. The lowest BCUT2D eigenvalue weighted by atomic mass is 9.96. The molecular weight excluding hydrogens is 258 g/mol. The Labute approximate surface area is 127 Å². The molecule has 110 valence electrons. The molecule has 0 aliphatic carbocycles. The number of rotatable bonds is 6. The van der Waals surface area contributed by atoms with Gasteiger partial charge in [0, 0.05) is 6.21 Å². The van der Waals surface area contributed by atoms with Crippen LogP contribution >= 0.6 is 0 Å². The van der Waals surface area contributed by atoms with Crippen LogP contribution < -0.4 is 4.74 Å². The molecule has 21 heavy (non-hydrogen) atoms. The highest BCUT2D eigenvalue weighted by Crippen LogP contribution is 2.23. The van der Waals surface area contributed by atoms with Crippen molar-refractivity contribution >= 4 is 11.9 Å². The summed E-state index contributed by atoms with van der Waals surface area (Å²) < 4.78 is 5.14. The summed E-state index contributed by atoms with van der Waals surface area (Å²) in [6.07, 6.45) is 4.33. The zero-order valence-electron chi connectivity index (χ0n) is 13.0. The van der Waals surface area contributed by atoms with E-state index in [9.17, 15) is 0 Å². The van der Waals surface area contributed by atoms with E-state index < -0.39 is 0 Å². The van der Waals surface area contributed by atoms with E-state index in [-0.39, 0.29) is 0 Å². The van der Waals surface area contributed by atoms with Crippen molar-refractivity contribution in [2.45, 2.75) is 32.6 Å². The Bertz CT molecular complexity index is 570. The van der Waals surface area contributed by atoms with Crippen molar-refractivity contribution in [3.63, 3.8) is 0 Å². The third-order valence-electron chi connectivity index (χ3n) is 3.66. The molecule has 1 unspecified atom stereocenters. The van der Waals surface area contributed by atoms with Gasteiger partial charge in [-0.25, -0.2) is 0 Å². The quantitative estimate of drug-likeness (QED) is 0.654. The lowest BCUT2D eigenvalue weighted by Crippen LogP contribution is -1.91. The van der Waals surface area contributed by atoms with E-state index >= 15 is 0 Å². The van der Waals surface area contributed by atoms with E-state index in [0.29, 0.717) is 5.92 Å². The summed E-state index contributed by atoms with van der Waals surface area (Å²) in [7, 11) is 1.67. The lowest BCUT2D eigenvalue weighted by molar-refractivity contribution is 0.415.